The molecule has 5 nitrogen and oxygen atoms in total. The average Bonchev–Trinajstić information content (AvgIpc) is 2.43. The number of rotatable bonds is 8. The zero-order chi connectivity index (χ0) is 18.3. The molecule has 1 aromatic rings. The summed E-state index contributed by atoms with van der Waals surface area (Å²) in [6.45, 7) is 3.65. The van der Waals surface area contributed by atoms with E-state index in [0.717, 1.165) is 0 Å². The van der Waals surface area contributed by atoms with Crippen LogP contribution in [-0.4, -0.2) is 29.4 Å². The van der Waals surface area contributed by atoms with Crippen LogP contribution in [0.15, 0.2) is 24.3 Å². The minimum atomic E-state index is -4.82. The second kappa shape index (κ2) is 8.56. The van der Waals surface area contributed by atoms with Crippen LogP contribution in [0.25, 0.3) is 0 Å². The number of nitrogens with one attached hydrogen (secondary N) is 1. The Kier molecular flexibility index (Phi) is 7.06. The average molecular weight is 347 g/mol. The quantitative estimate of drug-likeness (QED) is 0.758. The summed E-state index contributed by atoms with van der Waals surface area (Å²) in [4.78, 5) is 23.0. The number of carboxylic acids is 1. The summed E-state index contributed by atoms with van der Waals surface area (Å²) in [7, 11) is 0. The fraction of sp³-hybridized carbons (Fsp3) is 0.500. The van der Waals surface area contributed by atoms with E-state index >= 15 is 0 Å². The van der Waals surface area contributed by atoms with Crippen molar-refractivity contribution in [2.24, 2.45) is 5.92 Å². The Hall–Kier alpha value is -2.25. The number of alkyl halides is 3. The van der Waals surface area contributed by atoms with Gasteiger partial charge in [0.05, 0.1) is 0 Å². The SMILES string of the molecule is CC(C)C[C@@H](NC(=O)CCc1ccccc1OC(F)(F)F)C(=O)O. The lowest BCUT2D eigenvalue weighted by molar-refractivity contribution is -0.274. The molecule has 1 rings (SSSR count). The summed E-state index contributed by atoms with van der Waals surface area (Å²) in [5.74, 6) is -1.97. The number of halogens is 3. The van der Waals surface area contributed by atoms with Gasteiger partial charge in [0.25, 0.3) is 0 Å². The molecule has 0 aliphatic carbocycles. The number of aryl methyl sites for hydroxylation is 1. The van der Waals surface area contributed by atoms with E-state index in [1.807, 2.05) is 13.8 Å². The predicted octanol–water partition coefficient (Wildman–Crippen LogP) is 3.13. The van der Waals surface area contributed by atoms with Crippen molar-refractivity contribution in [3.8, 4) is 5.75 Å². The molecule has 0 spiro atoms. The van der Waals surface area contributed by atoms with Gasteiger partial charge >= 0.3 is 12.3 Å². The van der Waals surface area contributed by atoms with E-state index in [1.165, 1.54) is 24.3 Å². The molecule has 2 N–H and O–H groups in total. The first-order chi connectivity index (χ1) is 11.1. The summed E-state index contributed by atoms with van der Waals surface area (Å²) >= 11 is 0. The minimum absolute atomic E-state index is 0.00606. The van der Waals surface area contributed by atoms with E-state index in [4.69, 9.17) is 5.11 Å². The smallest absolute Gasteiger partial charge is 0.480 e. The van der Waals surface area contributed by atoms with E-state index < -0.39 is 24.3 Å². The van der Waals surface area contributed by atoms with Gasteiger partial charge in [0.15, 0.2) is 0 Å². The highest BCUT2D eigenvalue weighted by atomic mass is 19.4. The third-order valence-corrected chi connectivity index (χ3v) is 3.16. The first-order valence-electron chi connectivity index (χ1n) is 7.44. The molecule has 0 aromatic heterocycles. The number of benzene rings is 1. The molecule has 0 saturated carbocycles. The standard InChI is InChI=1S/C16H20F3NO4/c1-10(2)9-12(15(22)23)20-14(21)8-7-11-5-3-4-6-13(11)24-16(17,18)19/h3-6,10,12H,7-9H2,1-2H3,(H,20,21)(H,22,23)/t12-/m1/s1. The van der Waals surface area contributed by atoms with E-state index in [1.54, 1.807) is 0 Å². The Morgan fingerprint density at radius 3 is 2.42 bits per heavy atom. The van der Waals surface area contributed by atoms with Crippen molar-refractivity contribution in [1.29, 1.82) is 0 Å². The zero-order valence-electron chi connectivity index (χ0n) is 13.4. The molecule has 1 aromatic carbocycles. The first kappa shape index (κ1) is 19.8. The maximum Gasteiger partial charge on any atom is 0.573 e. The van der Waals surface area contributed by atoms with Crippen LogP contribution >= 0.6 is 0 Å². The van der Waals surface area contributed by atoms with Gasteiger partial charge in [-0.1, -0.05) is 32.0 Å². The fourth-order valence-corrected chi connectivity index (χ4v) is 2.14. The van der Waals surface area contributed by atoms with Crippen molar-refractivity contribution >= 4 is 11.9 Å². The number of hydrogen-bond acceptors (Lipinski definition) is 3. The highest BCUT2D eigenvalue weighted by Gasteiger charge is 2.32. The summed E-state index contributed by atoms with van der Waals surface area (Å²) in [5, 5.41) is 11.5. The molecule has 0 bridgehead atoms. The zero-order valence-corrected chi connectivity index (χ0v) is 13.4. The summed E-state index contributed by atoms with van der Waals surface area (Å²) in [6.07, 6.45) is -4.68. The number of carbonyl (C=O) groups excluding carboxylic acids is 1. The highest BCUT2D eigenvalue weighted by Crippen LogP contribution is 2.27. The molecule has 0 unspecified atom stereocenters. The van der Waals surface area contributed by atoms with Gasteiger partial charge in [-0.3, -0.25) is 4.79 Å². The molecule has 134 valence electrons. The largest absolute Gasteiger partial charge is 0.573 e. The Balaban J connectivity index is 2.65. The second-order valence-corrected chi connectivity index (χ2v) is 5.74. The van der Waals surface area contributed by atoms with Crippen molar-refractivity contribution in [2.75, 3.05) is 0 Å². The molecule has 24 heavy (non-hydrogen) atoms. The van der Waals surface area contributed by atoms with Gasteiger partial charge in [-0.25, -0.2) is 4.79 Å². The molecular weight excluding hydrogens is 327 g/mol. The van der Waals surface area contributed by atoms with Crippen molar-refractivity contribution in [2.45, 2.75) is 45.5 Å². The van der Waals surface area contributed by atoms with Crippen LogP contribution in [-0.2, 0) is 16.0 Å². The molecule has 0 fully saturated rings. The van der Waals surface area contributed by atoms with Crippen molar-refractivity contribution in [3.63, 3.8) is 0 Å². The number of carboxylic acid groups (broad SMARTS) is 1. The van der Waals surface area contributed by atoms with E-state index in [2.05, 4.69) is 10.1 Å². The lowest BCUT2D eigenvalue weighted by Crippen LogP contribution is -2.41. The lowest BCUT2D eigenvalue weighted by Gasteiger charge is -2.17. The molecule has 0 heterocycles. The predicted molar refractivity (Wildman–Crippen MR) is 80.5 cm³/mol. The molecule has 0 aliphatic heterocycles. The van der Waals surface area contributed by atoms with Crippen LogP contribution in [0.3, 0.4) is 0 Å². The minimum Gasteiger partial charge on any atom is -0.480 e. The summed E-state index contributed by atoms with van der Waals surface area (Å²) < 4.78 is 40.9. The Labute approximate surface area is 137 Å². The van der Waals surface area contributed by atoms with Crippen LogP contribution in [0.5, 0.6) is 5.75 Å². The summed E-state index contributed by atoms with van der Waals surface area (Å²) in [6, 6.07) is 4.51. The third-order valence-electron chi connectivity index (χ3n) is 3.16. The molecular formula is C16H20F3NO4. The Morgan fingerprint density at radius 2 is 1.88 bits per heavy atom. The van der Waals surface area contributed by atoms with Crippen LogP contribution in [0, 0.1) is 5.92 Å². The molecule has 0 aliphatic rings. The van der Waals surface area contributed by atoms with E-state index in [-0.39, 0.29) is 36.5 Å². The van der Waals surface area contributed by atoms with Crippen molar-refractivity contribution < 1.29 is 32.6 Å². The monoisotopic (exact) mass is 347 g/mol. The number of aliphatic carboxylic acids is 1. The normalized spacial score (nSPS) is 12.8. The number of para-hydroxylation sites is 1. The molecule has 1 atom stereocenters. The van der Waals surface area contributed by atoms with Crippen LogP contribution in [0.2, 0.25) is 0 Å². The first-order valence-corrected chi connectivity index (χ1v) is 7.44. The number of hydrogen-bond donors (Lipinski definition) is 2. The molecule has 8 heteroatoms. The van der Waals surface area contributed by atoms with Gasteiger partial charge in [0, 0.05) is 6.42 Å². The van der Waals surface area contributed by atoms with Gasteiger partial charge in [-0.15, -0.1) is 13.2 Å². The van der Waals surface area contributed by atoms with E-state index in [9.17, 15) is 22.8 Å². The third kappa shape index (κ3) is 7.34. The number of amides is 1. The molecule has 1 amide bonds. The fourth-order valence-electron chi connectivity index (χ4n) is 2.14. The maximum atomic E-state index is 12.3. The van der Waals surface area contributed by atoms with E-state index in [0.29, 0.717) is 0 Å². The molecule has 0 radical (unpaired) electrons. The van der Waals surface area contributed by atoms with Crippen LogP contribution in [0.4, 0.5) is 13.2 Å². The Morgan fingerprint density at radius 1 is 1.25 bits per heavy atom. The van der Waals surface area contributed by atoms with Crippen molar-refractivity contribution in [1.82, 2.24) is 5.32 Å². The van der Waals surface area contributed by atoms with Crippen LogP contribution < -0.4 is 10.1 Å². The summed E-state index contributed by atoms with van der Waals surface area (Å²) in [5.41, 5.74) is 0.223. The van der Waals surface area contributed by atoms with Gasteiger partial charge in [-0.05, 0) is 30.4 Å². The second-order valence-electron chi connectivity index (χ2n) is 5.74. The van der Waals surface area contributed by atoms with Gasteiger partial charge in [-0.2, -0.15) is 0 Å². The molecule has 0 saturated heterocycles. The topological polar surface area (TPSA) is 75.6 Å². The number of ether oxygens (including phenoxy) is 1. The lowest BCUT2D eigenvalue weighted by atomic mass is 10.0. The van der Waals surface area contributed by atoms with Gasteiger partial charge < -0.3 is 15.2 Å². The van der Waals surface area contributed by atoms with Crippen LogP contribution in [0.1, 0.15) is 32.3 Å². The Bertz CT molecular complexity index is 573. The van der Waals surface area contributed by atoms with Gasteiger partial charge in [0.1, 0.15) is 11.8 Å². The highest BCUT2D eigenvalue weighted by molar-refractivity contribution is 5.83. The van der Waals surface area contributed by atoms with Crippen molar-refractivity contribution in [3.05, 3.63) is 29.8 Å². The van der Waals surface area contributed by atoms with Gasteiger partial charge in [0.2, 0.25) is 5.91 Å². The maximum absolute atomic E-state index is 12.3. The number of carbonyl (C=O) groups is 2.